The lowest BCUT2D eigenvalue weighted by Crippen LogP contribution is -2.16. The molecule has 0 unspecified atom stereocenters. The molecule has 0 aliphatic carbocycles. The average Bonchev–Trinajstić information content (AvgIpc) is 3.05. The minimum absolute atomic E-state index is 0.0362. The molecule has 1 aliphatic heterocycles. The van der Waals surface area contributed by atoms with Gasteiger partial charge in [0.25, 0.3) is 5.91 Å². The number of thiophene rings is 1. The maximum Gasteiger partial charge on any atom is 0.255 e. The Morgan fingerprint density at radius 2 is 1.74 bits per heavy atom. The van der Waals surface area contributed by atoms with Gasteiger partial charge in [0.05, 0.1) is 0 Å². The van der Waals surface area contributed by atoms with Crippen LogP contribution in [0.4, 0.5) is 0 Å². The Morgan fingerprint density at radius 3 is 2.30 bits per heavy atom. The van der Waals surface area contributed by atoms with Gasteiger partial charge in [0.2, 0.25) is 0 Å². The van der Waals surface area contributed by atoms with Crippen molar-refractivity contribution in [3.8, 4) is 0 Å². The number of aryl methyl sites for hydroxylation is 1. The maximum absolute atomic E-state index is 12.2. The molecule has 0 spiro atoms. The zero-order valence-electron chi connectivity index (χ0n) is 13.9. The number of hydrogen-bond acceptors (Lipinski definition) is 2. The predicted molar refractivity (Wildman–Crippen MR) is 98.3 cm³/mol. The second-order valence-electron chi connectivity index (χ2n) is 6.89. The third-order valence-electron chi connectivity index (χ3n) is 3.93. The van der Waals surface area contributed by atoms with E-state index in [1.165, 1.54) is 10.4 Å². The van der Waals surface area contributed by atoms with Crippen LogP contribution >= 0.6 is 11.3 Å². The highest BCUT2D eigenvalue weighted by Crippen LogP contribution is 2.27. The Labute approximate surface area is 141 Å². The summed E-state index contributed by atoms with van der Waals surface area (Å²) in [5, 5.41) is 2.96. The summed E-state index contributed by atoms with van der Waals surface area (Å²) in [5.74, 6) is -0.0362. The van der Waals surface area contributed by atoms with Gasteiger partial charge >= 0.3 is 0 Å². The van der Waals surface area contributed by atoms with E-state index in [4.69, 9.17) is 0 Å². The molecular weight excluding hydrogens is 302 g/mol. The average molecular weight is 323 g/mol. The molecule has 3 heteroatoms. The van der Waals surface area contributed by atoms with E-state index in [2.05, 4.69) is 63.3 Å². The van der Waals surface area contributed by atoms with Crippen molar-refractivity contribution in [2.24, 2.45) is 0 Å². The third-order valence-corrected chi connectivity index (χ3v) is 4.88. The first-order valence-electron chi connectivity index (χ1n) is 7.75. The van der Waals surface area contributed by atoms with E-state index in [1.807, 2.05) is 18.2 Å². The molecule has 1 N–H and O–H groups in total. The highest BCUT2D eigenvalue weighted by Gasteiger charge is 2.20. The molecule has 0 fully saturated rings. The zero-order chi connectivity index (χ0) is 16.6. The van der Waals surface area contributed by atoms with Crippen LogP contribution in [0, 0.1) is 6.92 Å². The number of carbonyl (C=O) groups excluding carboxylic acids is 1. The Morgan fingerprint density at radius 1 is 1.04 bits per heavy atom. The van der Waals surface area contributed by atoms with Crippen molar-refractivity contribution in [3.63, 3.8) is 0 Å². The SMILES string of the molecule is Cc1ccc(C=C2C=C(c3ccc(C(C)(C)C)cc3)NC2=O)s1. The Kier molecular flexibility index (Phi) is 3.99. The fourth-order valence-corrected chi connectivity index (χ4v) is 3.38. The molecule has 2 heterocycles. The fraction of sp³-hybridized carbons (Fsp3) is 0.250. The van der Waals surface area contributed by atoms with Gasteiger partial charge in [0.1, 0.15) is 0 Å². The van der Waals surface area contributed by atoms with E-state index in [0.717, 1.165) is 16.1 Å². The quantitative estimate of drug-likeness (QED) is 0.782. The first-order chi connectivity index (χ1) is 10.8. The van der Waals surface area contributed by atoms with E-state index in [-0.39, 0.29) is 11.3 Å². The van der Waals surface area contributed by atoms with E-state index < -0.39 is 0 Å². The number of amides is 1. The van der Waals surface area contributed by atoms with Crippen molar-refractivity contribution in [2.75, 3.05) is 0 Å². The highest BCUT2D eigenvalue weighted by molar-refractivity contribution is 7.12. The van der Waals surface area contributed by atoms with Crippen LogP contribution in [-0.2, 0) is 10.2 Å². The number of hydrogen-bond donors (Lipinski definition) is 1. The van der Waals surface area contributed by atoms with Crippen molar-refractivity contribution in [1.29, 1.82) is 0 Å². The number of carbonyl (C=O) groups is 1. The lowest BCUT2D eigenvalue weighted by molar-refractivity contribution is -0.115. The molecule has 2 nitrogen and oxygen atoms in total. The van der Waals surface area contributed by atoms with Crippen molar-refractivity contribution in [1.82, 2.24) is 5.32 Å². The van der Waals surface area contributed by atoms with E-state index in [1.54, 1.807) is 11.3 Å². The molecule has 2 aromatic rings. The monoisotopic (exact) mass is 323 g/mol. The summed E-state index contributed by atoms with van der Waals surface area (Å²) in [6.45, 7) is 8.66. The number of rotatable bonds is 2. The van der Waals surface area contributed by atoms with Crippen LogP contribution in [0.15, 0.2) is 48.0 Å². The number of nitrogens with one attached hydrogen (secondary N) is 1. The summed E-state index contributed by atoms with van der Waals surface area (Å²) < 4.78 is 0. The molecule has 0 atom stereocenters. The second kappa shape index (κ2) is 5.82. The second-order valence-corrected chi connectivity index (χ2v) is 8.21. The normalized spacial score (nSPS) is 16.6. The summed E-state index contributed by atoms with van der Waals surface area (Å²) >= 11 is 1.69. The molecular formula is C20H21NOS. The summed E-state index contributed by atoms with van der Waals surface area (Å²) in [4.78, 5) is 14.5. The van der Waals surface area contributed by atoms with Gasteiger partial charge in [-0.3, -0.25) is 4.79 Å². The molecule has 1 aliphatic rings. The molecule has 1 aromatic heterocycles. The number of benzene rings is 1. The van der Waals surface area contributed by atoms with Gasteiger partial charge in [0, 0.05) is 21.0 Å². The molecule has 0 saturated carbocycles. The summed E-state index contributed by atoms with van der Waals surface area (Å²) in [5.41, 5.74) is 4.04. The van der Waals surface area contributed by atoms with E-state index >= 15 is 0 Å². The van der Waals surface area contributed by atoms with Gasteiger partial charge in [-0.25, -0.2) is 0 Å². The van der Waals surface area contributed by atoms with E-state index in [0.29, 0.717) is 5.57 Å². The minimum atomic E-state index is -0.0362. The molecule has 118 valence electrons. The van der Waals surface area contributed by atoms with Gasteiger partial charge in [0.15, 0.2) is 0 Å². The maximum atomic E-state index is 12.2. The lowest BCUT2D eigenvalue weighted by Gasteiger charge is -2.19. The Bertz CT molecular complexity index is 801. The molecule has 0 radical (unpaired) electrons. The van der Waals surface area contributed by atoms with Gasteiger partial charge in [-0.05, 0) is 47.8 Å². The first-order valence-corrected chi connectivity index (χ1v) is 8.57. The van der Waals surface area contributed by atoms with Gasteiger partial charge < -0.3 is 5.32 Å². The van der Waals surface area contributed by atoms with Crippen LogP contribution < -0.4 is 5.32 Å². The van der Waals surface area contributed by atoms with Gasteiger partial charge in [-0.2, -0.15) is 0 Å². The van der Waals surface area contributed by atoms with Crippen molar-refractivity contribution in [2.45, 2.75) is 33.1 Å². The van der Waals surface area contributed by atoms with Crippen LogP contribution in [0.25, 0.3) is 11.8 Å². The van der Waals surface area contributed by atoms with Crippen LogP contribution in [0.2, 0.25) is 0 Å². The lowest BCUT2D eigenvalue weighted by atomic mass is 9.86. The minimum Gasteiger partial charge on any atom is -0.321 e. The molecule has 23 heavy (non-hydrogen) atoms. The standard InChI is InChI=1S/C20H21NOS/c1-13-5-10-17(23-13)11-15-12-18(21-19(15)22)14-6-8-16(9-7-14)20(2,3)4/h5-12H,1-4H3,(H,21,22). The summed E-state index contributed by atoms with van der Waals surface area (Å²) in [6, 6.07) is 12.5. The Hall–Kier alpha value is -2.13. The molecule has 3 rings (SSSR count). The van der Waals surface area contributed by atoms with Crippen LogP contribution in [0.3, 0.4) is 0 Å². The molecule has 0 bridgehead atoms. The third kappa shape index (κ3) is 3.45. The topological polar surface area (TPSA) is 29.1 Å². The summed E-state index contributed by atoms with van der Waals surface area (Å²) in [7, 11) is 0. The largest absolute Gasteiger partial charge is 0.321 e. The van der Waals surface area contributed by atoms with E-state index in [9.17, 15) is 4.79 Å². The highest BCUT2D eigenvalue weighted by atomic mass is 32.1. The van der Waals surface area contributed by atoms with Crippen LogP contribution in [-0.4, -0.2) is 5.91 Å². The fourth-order valence-electron chi connectivity index (χ4n) is 2.55. The predicted octanol–water partition coefficient (Wildman–Crippen LogP) is 4.91. The van der Waals surface area contributed by atoms with Gasteiger partial charge in [-0.1, -0.05) is 45.0 Å². The van der Waals surface area contributed by atoms with Crippen LogP contribution in [0.1, 0.15) is 41.7 Å². The molecule has 1 amide bonds. The van der Waals surface area contributed by atoms with Crippen molar-refractivity contribution < 1.29 is 4.79 Å². The summed E-state index contributed by atoms with van der Waals surface area (Å²) in [6.07, 6.45) is 3.88. The van der Waals surface area contributed by atoms with Gasteiger partial charge in [-0.15, -0.1) is 11.3 Å². The zero-order valence-corrected chi connectivity index (χ0v) is 14.8. The molecule has 0 saturated heterocycles. The first kappa shape index (κ1) is 15.8. The smallest absolute Gasteiger partial charge is 0.255 e. The molecule has 1 aromatic carbocycles. The Balaban J connectivity index is 1.88. The van der Waals surface area contributed by atoms with Crippen molar-refractivity contribution in [3.05, 3.63) is 68.9 Å². The van der Waals surface area contributed by atoms with Crippen molar-refractivity contribution >= 4 is 29.0 Å². The van der Waals surface area contributed by atoms with Crippen LogP contribution in [0.5, 0.6) is 0 Å².